The van der Waals surface area contributed by atoms with E-state index < -0.39 is 29.2 Å². The van der Waals surface area contributed by atoms with Gasteiger partial charge in [0.25, 0.3) is 5.91 Å². The Balaban J connectivity index is 1.58. The van der Waals surface area contributed by atoms with E-state index in [1.54, 1.807) is 79.6 Å². The molecule has 1 aliphatic heterocycles. The number of aromatic nitrogens is 2. The van der Waals surface area contributed by atoms with Gasteiger partial charge in [0.05, 0.1) is 40.9 Å². The van der Waals surface area contributed by atoms with Crippen molar-refractivity contribution in [3.8, 4) is 6.07 Å². The number of ether oxygens (including phenoxy) is 1. The molecule has 1 aromatic heterocycles. The van der Waals surface area contributed by atoms with Crippen LogP contribution in [0.3, 0.4) is 0 Å². The van der Waals surface area contributed by atoms with Crippen molar-refractivity contribution in [1.29, 1.82) is 5.26 Å². The SMILES string of the molecule is CC[C@](O)(c1cc(F)c2c(c1)C(=O)N(Cc1ccc(C#N)cc1)[C@@]2(O[C@H]1CCC(=O)C1)c1ccc(Cl)cc1)c1cn(C)cn1. The lowest BCUT2D eigenvalue weighted by Crippen LogP contribution is -2.48. The van der Waals surface area contributed by atoms with Crippen LogP contribution in [0.1, 0.15) is 76.5 Å². The number of benzene rings is 3. The molecule has 0 spiro atoms. The molecule has 0 radical (unpaired) electrons. The van der Waals surface area contributed by atoms with Crippen LogP contribution >= 0.6 is 11.6 Å². The Kier molecular flexibility index (Phi) is 7.62. The van der Waals surface area contributed by atoms with Gasteiger partial charge in [-0.15, -0.1) is 0 Å². The predicted octanol–water partition coefficient (Wildman–Crippen LogP) is 5.73. The van der Waals surface area contributed by atoms with E-state index in [0.29, 0.717) is 40.2 Å². The quantitative estimate of drug-likeness (QED) is 0.272. The summed E-state index contributed by atoms with van der Waals surface area (Å²) in [6.07, 6.45) is 3.70. The van der Waals surface area contributed by atoms with E-state index in [1.807, 2.05) is 0 Å². The lowest BCUT2D eigenvalue weighted by Gasteiger charge is -2.41. The second-order valence-corrected chi connectivity index (χ2v) is 11.8. The Labute approximate surface area is 259 Å². The van der Waals surface area contributed by atoms with E-state index >= 15 is 4.39 Å². The molecular weight excluding hydrogens is 583 g/mol. The van der Waals surface area contributed by atoms with Gasteiger partial charge in [-0.25, -0.2) is 9.37 Å². The third kappa shape index (κ3) is 4.89. The predicted molar refractivity (Wildman–Crippen MR) is 160 cm³/mol. The summed E-state index contributed by atoms with van der Waals surface area (Å²) < 4.78 is 25.3. The fourth-order valence-corrected chi connectivity index (χ4v) is 6.41. The standard InChI is InChI=1S/C34H30ClFN4O4/c1-3-33(43,30-19-39(2)20-38-30)24-14-28-31(29(36)15-24)34(23-8-10-25(35)11-9-23,44-27-13-12-26(41)16-27)40(32(28)42)18-22-6-4-21(17-37)5-7-22/h4-11,14-15,19-20,27,43H,3,12-13,16,18H2,1-2H3/t27-,33-,34+/m0/s1. The van der Waals surface area contributed by atoms with E-state index in [4.69, 9.17) is 16.3 Å². The molecule has 2 aliphatic rings. The largest absolute Gasteiger partial charge is 0.379 e. The zero-order chi connectivity index (χ0) is 31.2. The number of hydrogen-bond acceptors (Lipinski definition) is 6. The molecule has 224 valence electrons. The molecule has 3 atom stereocenters. The topological polar surface area (TPSA) is 108 Å². The summed E-state index contributed by atoms with van der Waals surface area (Å²) in [4.78, 5) is 32.6. The summed E-state index contributed by atoms with van der Waals surface area (Å²) in [6, 6.07) is 18.3. The van der Waals surface area contributed by atoms with E-state index in [0.717, 1.165) is 0 Å². The summed E-state index contributed by atoms with van der Waals surface area (Å²) >= 11 is 6.25. The Hall–Kier alpha value is -4.36. The molecule has 1 N–H and O–H groups in total. The number of ketones is 1. The van der Waals surface area contributed by atoms with Crippen molar-refractivity contribution in [3.63, 3.8) is 0 Å². The number of aryl methyl sites for hydroxylation is 1. The Bertz CT molecular complexity index is 1800. The van der Waals surface area contributed by atoms with Crippen molar-refractivity contribution >= 4 is 23.3 Å². The summed E-state index contributed by atoms with van der Waals surface area (Å²) in [5, 5.41) is 21.6. The van der Waals surface area contributed by atoms with Crippen LogP contribution < -0.4 is 0 Å². The highest BCUT2D eigenvalue weighted by molar-refractivity contribution is 6.30. The number of carbonyl (C=O) groups excluding carboxylic acids is 2. The van der Waals surface area contributed by atoms with Crippen LogP contribution in [0.5, 0.6) is 0 Å². The van der Waals surface area contributed by atoms with Crippen molar-refractivity contribution in [1.82, 2.24) is 14.5 Å². The van der Waals surface area contributed by atoms with Crippen molar-refractivity contribution in [3.05, 3.63) is 123 Å². The van der Waals surface area contributed by atoms with Crippen molar-refractivity contribution < 1.29 is 23.8 Å². The van der Waals surface area contributed by atoms with Crippen LogP contribution in [0.25, 0.3) is 0 Å². The number of Topliss-reactive ketones (excluding diaryl/α,β-unsaturated/α-hetero) is 1. The first kappa shape index (κ1) is 29.7. The maximum Gasteiger partial charge on any atom is 0.257 e. The van der Waals surface area contributed by atoms with Crippen LogP contribution in [0, 0.1) is 17.1 Å². The number of nitrogens with zero attached hydrogens (tertiary/aromatic N) is 4. The highest BCUT2D eigenvalue weighted by atomic mass is 35.5. The molecule has 10 heteroatoms. The van der Waals surface area contributed by atoms with E-state index in [2.05, 4.69) is 11.1 Å². The number of fused-ring (bicyclic) bond motifs is 1. The molecule has 1 aliphatic carbocycles. The number of imidazole rings is 1. The normalized spacial score (nSPS) is 20.9. The number of aliphatic hydroxyl groups is 1. The first-order chi connectivity index (χ1) is 21.1. The van der Waals surface area contributed by atoms with Crippen molar-refractivity contribution in [2.75, 3.05) is 0 Å². The number of rotatable bonds is 8. The van der Waals surface area contributed by atoms with Crippen LogP contribution in [0.15, 0.2) is 73.2 Å². The van der Waals surface area contributed by atoms with Gasteiger partial charge in [-0.1, -0.05) is 42.8 Å². The molecule has 3 aromatic carbocycles. The average molecular weight is 613 g/mol. The van der Waals surface area contributed by atoms with E-state index in [9.17, 15) is 20.0 Å². The minimum atomic E-state index is -1.75. The molecule has 1 amide bonds. The van der Waals surface area contributed by atoms with Gasteiger partial charge < -0.3 is 14.4 Å². The van der Waals surface area contributed by atoms with Crippen LogP contribution in [0.4, 0.5) is 4.39 Å². The molecular formula is C34H30ClFN4O4. The fraction of sp³-hybridized carbons (Fsp3) is 0.294. The Morgan fingerprint density at radius 2 is 1.91 bits per heavy atom. The molecule has 0 unspecified atom stereocenters. The second kappa shape index (κ2) is 11.3. The van der Waals surface area contributed by atoms with Crippen molar-refractivity contribution in [2.45, 2.75) is 56.6 Å². The van der Waals surface area contributed by atoms with Gasteiger partial charge in [0.2, 0.25) is 5.72 Å². The van der Waals surface area contributed by atoms with Gasteiger partial charge >= 0.3 is 0 Å². The molecule has 1 fully saturated rings. The zero-order valence-corrected chi connectivity index (χ0v) is 25.0. The molecule has 4 aromatic rings. The van der Waals surface area contributed by atoms with Gasteiger partial charge in [-0.3, -0.25) is 14.5 Å². The van der Waals surface area contributed by atoms with Crippen molar-refractivity contribution in [2.24, 2.45) is 7.05 Å². The Morgan fingerprint density at radius 1 is 1.18 bits per heavy atom. The molecule has 0 bridgehead atoms. The molecule has 6 rings (SSSR count). The maximum atomic E-state index is 16.8. The minimum Gasteiger partial charge on any atom is -0.379 e. The Morgan fingerprint density at radius 3 is 2.50 bits per heavy atom. The lowest BCUT2D eigenvalue weighted by atomic mass is 9.84. The summed E-state index contributed by atoms with van der Waals surface area (Å²) in [6.45, 7) is 1.77. The summed E-state index contributed by atoms with van der Waals surface area (Å²) in [7, 11) is 1.77. The maximum absolute atomic E-state index is 16.8. The number of halogens is 2. The summed E-state index contributed by atoms with van der Waals surface area (Å²) in [5.74, 6) is -1.22. The number of hydrogen-bond donors (Lipinski definition) is 1. The van der Waals surface area contributed by atoms with Gasteiger partial charge in [0, 0.05) is 43.2 Å². The third-order valence-electron chi connectivity index (χ3n) is 8.60. The van der Waals surface area contributed by atoms with Gasteiger partial charge in [0.15, 0.2) is 0 Å². The zero-order valence-electron chi connectivity index (χ0n) is 24.3. The minimum absolute atomic E-state index is 0.000963. The fourth-order valence-electron chi connectivity index (χ4n) is 6.28. The molecule has 44 heavy (non-hydrogen) atoms. The number of carbonyl (C=O) groups is 2. The smallest absolute Gasteiger partial charge is 0.257 e. The average Bonchev–Trinajstić information content (AvgIpc) is 3.71. The molecule has 8 nitrogen and oxygen atoms in total. The van der Waals surface area contributed by atoms with Gasteiger partial charge in [-0.05, 0) is 60.4 Å². The second-order valence-electron chi connectivity index (χ2n) is 11.4. The monoisotopic (exact) mass is 612 g/mol. The van der Waals surface area contributed by atoms with Crippen LogP contribution in [-0.4, -0.2) is 37.4 Å². The molecule has 1 saturated carbocycles. The van der Waals surface area contributed by atoms with Gasteiger partial charge in [-0.2, -0.15) is 5.26 Å². The van der Waals surface area contributed by atoms with Crippen LogP contribution in [-0.2, 0) is 34.4 Å². The summed E-state index contributed by atoms with van der Waals surface area (Å²) in [5.41, 5.74) is -1.26. The van der Waals surface area contributed by atoms with Crippen LogP contribution in [0.2, 0.25) is 5.02 Å². The lowest BCUT2D eigenvalue weighted by molar-refractivity contribution is -0.148. The number of nitriles is 1. The highest BCUT2D eigenvalue weighted by Gasteiger charge is 2.56. The van der Waals surface area contributed by atoms with E-state index in [-0.39, 0.29) is 41.9 Å². The van der Waals surface area contributed by atoms with E-state index in [1.165, 1.54) is 17.0 Å². The highest BCUT2D eigenvalue weighted by Crippen LogP contribution is 2.50. The third-order valence-corrected chi connectivity index (χ3v) is 8.85. The molecule has 0 saturated heterocycles. The first-order valence-corrected chi connectivity index (χ1v) is 14.8. The molecule has 2 heterocycles. The number of amides is 1. The first-order valence-electron chi connectivity index (χ1n) is 14.4. The van der Waals surface area contributed by atoms with Gasteiger partial charge in [0.1, 0.15) is 17.2 Å².